The molecule has 0 saturated heterocycles. The third-order valence-electron chi connectivity index (χ3n) is 4.31. The van der Waals surface area contributed by atoms with Gasteiger partial charge in [0.25, 0.3) is 0 Å². The molecule has 0 spiro atoms. The Kier molecular flexibility index (Phi) is 5.93. The number of halogens is 3. The van der Waals surface area contributed by atoms with E-state index in [1.54, 1.807) is 12.1 Å². The van der Waals surface area contributed by atoms with Crippen LogP contribution in [0.25, 0.3) is 11.0 Å². The molecule has 0 radical (unpaired) electrons. The van der Waals surface area contributed by atoms with Crippen LogP contribution in [0.4, 0.5) is 13.2 Å². The van der Waals surface area contributed by atoms with E-state index in [1.165, 1.54) is 38.0 Å². The highest BCUT2D eigenvalue weighted by Crippen LogP contribution is 2.31. The lowest BCUT2D eigenvalue weighted by molar-refractivity contribution is -0.137. The lowest BCUT2D eigenvalue weighted by Crippen LogP contribution is -2.22. The SMILES string of the molecule is CCn1c(CSc2ccc(C(F)(F)F)cn2)nc2cc(S(=O)(=O)N(C)C)ccc21. The number of aryl methyl sites for hydroxylation is 1. The van der Waals surface area contributed by atoms with Crippen molar-refractivity contribution >= 4 is 32.8 Å². The highest BCUT2D eigenvalue weighted by Gasteiger charge is 2.30. The van der Waals surface area contributed by atoms with Gasteiger partial charge in [-0.2, -0.15) is 13.2 Å². The summed E-state index contributed by atoms with van der Waals surface area (Å²) in [7, 11) is -0.650. The third-order valence-corrected chi connectivity index (χ3v) is 7.06. The van der Waals surface area contributed by atoms with Crippen molar-refractivity contribution in [1.29, 1.82) is 0 Å². The summed E-state index contributed by atoms with van der Waals surface area (Å²) in [6, 6.07) is 7.11. The van der Waals surface area contributed by atoms with Crippen LogP contribution < -0.4 is 0 Å². The lowest BCUT2D eigenvalue weighted by atomic mass is 10.3. The normalized spacial score (nSPS) is 12.8. The van der Waals surface area contributed by atoms with Gasteiger partial charge in [0.2, 0.25) is 10.0 Å². The first-order valence-electron chi connectivity index (χ1n) is 8.61. The number of pyridine rings is 1. The molecule has 2 heterocycles. The number of fused-ring (bicyclic) bond motifs is 1. The second-order valence-corrected chi connectivity index (χ2v) is 9.53. The molecule has 0 atom stereocenters. The Morgan fingerprint density at radius 1 is 1.17 bits per heavy atom. The predicted molar refractivity (Wildman–Crippen MR) is 105 cm³/mol. The highest BCUT2D eigenvalue weighted by atomic mass is 32.2. The van der Waals surface area contributed by atoms with Crippen molar-refractivity contribution in [3.05, 3.63) is 47.9 Å². The lowest BCUT2D eigenvalue weighted by Gasteiger charge is -2.11. The average molecular weight is 445 g/mol. The van der Waals surface area contributed by atoms with Crippen molar-refractivity contribution in [3.63, 3.8) is 0 Å². The summed E-state index contributed by atoms with van der Waals surface area (Å²) in [6.45, 7) is 2.56. The van der Waals surface area contributed by atoms with Crippen molar-refractivity contribution in [2.75, 3.05) is 14.1 Å². The van der Waals surface area contributed by atoms with E-state index in [0.717, 1.165) is 22.1 Å². The van der Waals surface area contributed by atoms with Crippen molar-refractivity contribution in [3.8, 4) is 0 Å². The predicted octanol–water partition coefficient (Wildman–Crippen LogP) is 4.01. The molecular formula is C18H19F3N4O2S2. The fourth-order valence-corrected chi connectivity index (χ4v) is 4.48. The first kappa shape index (κ1) is 21.6. The molecule has 0 amide bonds. The fraction of sp³-hybridized carbons (Fsp3) is 0.333. The van der Waals surface area contributed by atoms with Crippen LogP contribution in [-0.2, 0) is 28.5 Å². The fourth-order valence-electron chi connectivity index (χ4n) is 2.77. The minimum absolute atomic E-state index is 0.152. The third kappa shape index (κ3) is 4.41. The quantitative estimate of drug-likeness (QED) is 0.538. The van der Waals surface area contributed by atoms with Gasteiger partial charge in [0.15, 0.2) is 0 Å². The smallest absolute Gasteiger partial charge is 0.328 e. The van der Waals surface area contributed by atoms with E-state index in [-0.39, 0.29) is 4.90 Å². The van der Waals surface area contributed by atoms with Gasteiger partial charge in [-0.25, -0.2) is 22.7 Å². The van der Waals surface area contributed by atoms with E-state index in [2.05, 4.69) is 9.97 Å². The van der Waals surface area contributed by atoms with E-state index in [1.807, 2.05) is 11.5 Å². The molecule has 0 fully saturated rings. The number of rotatable bonds is 6. The number of imidazole rings is 1. The molecule has 0 aliphatic heterocycles. The molecule has 156 valence electrons. The first-order chi connectivity index (χ1) is 13.5. The molecule has 0 aliphatic carbocycles. The van der Waals surface area contributed by atoms with Crippen LogP contribution in [0, 0.1) is 0 Å². The van der Waals surface area contributed by atoms with Gasteiger partial charge in [0.05, 0.1) is 32.3 Å². The van der Waals surface area contributed by atoms with Gasteiger partial charge in [0.1, 0.15) is 5.82 Å². The van der Waals surface area contributed by atoms with Gasteiger partial charge < -0.3 is 4.57 Å². The van der Waals surface area contributed by atoms with Gasteiger partial charge in [0, 0.05) is 26.8 Å². The Morgan fingerprint density at radius 2 is 1.90 bits per heavy atom. The Balaban J connectivity index is 1.87. The van der Waals surface area contributed by atoms with E-state index in [4.69, 9.17) is 0 Å². The number of aromatic nitrogens is 3. The molecule has 6 nitrogen and oxygen atoms in total. The van der Waals surface area contributed by atoms with Crippen LogP contribution in [0.3, 0.4) is 0 Å². The van der Waals surface area contributed by atoms with Crippen molar-refractivity contribution in [1.82, 2.24) is 18.8 Å². The van der Waals surface area contributed by atoms with Crippen molar-refractivity contribution < 1.29 is 21.6 Å². The van der Waals surface area contributed by atoms with E-state index >= 15 is 0 Å². The summed E-state index contributed by atoms with van der Waals surface area (Å²) in [5, 5.41) is 0.448. The molecule has 3 rings (SSSR count). The maximum Gasteiger partial charge on any atom is 0.417 e. The summed E-state index contributed by atoms with van der Waals surface area (Å²) >= 11 is 1.26. The number of sulfonamides is 1. The largest absolute Gasteiger partial charge is 0.417 e. The molecule has 2 aromatic heterocycles. The molecule has 0 bridgehead atoms. The number of alkyl halides is 3. The number of nitrogens with zero attached hydrogens (tertiary/aromatic N) is 4. The molecule has 3 aromatic rings. The zero-order chi connectivity index (χ0) is 21.4. The molecular weight excluding hydrogens is 425 g/mol. The molecule has 0 unspecified atom stereocenters. The summed E-state index contributed by atoms with van der Waals surface area (Å²) < 4.78 is 65.7. The molecule has 0 aliphatic rings. The Bertz CT molecular complexity index is 1120. The van der Waals surface area contributed by atoms with Crippen LogP contribution in [0.2, 0.25) is 0 Å². The number of benzene rings is 1. The number of hydrogen-bond acceptors (Lipinski definition) is 5. The summed E-state index contributed by atoms with van der Waals surface area (Å²) in [5.41, 5.74) is 0.546. The van der Waals surface area contributed by atoms with Crippen LogP contribution >= 0.6 is 11.8 Å². The van der Waals surface area contributed by atoms with Crippen molar-refractivity contribution in [2.24, 2.45) is 0 Å². The van der Waals surface area contributed by atoms with Crippen LogP contribution in [0.1, 0.15) is 18.3 Å². The van der Waals surface area contributed by atoms with Crippen molar-refractivity contribution in [2.45, 2.75) is 35.3 Å². The monoisotopic (exact) mass is 444 g/mol. The van der Waals surface area contributed by atoms with Gasteiger partial charge in [-0.05, 0) is 37.3 Å². The average Bonchev–Trinajstić information content (AvgIpc) is 3.02. The minimum atomic E-state index is -4.42. The molecule has 11 heteroatoms. The van der Waals surface area contributed by atoms with E-state index in [0.29, 0.717) is 28.7 Å². The van der Waals surface area contributed by atoms with E-state index < -0.39 is 21.8 Å². The maximum atomic E-state index is 12.6. The summed E-state index contributed by atoms with van der Waals surface area (Å²) in [5.74, 6) is 1.07. The summed E-state index contributed by atoms with van der Waals surface area (Å²) in [4.78, 5) is 8.55. The molecule has 29 heavy (non-hydrogen) atoms. The van der Waals surface area contributed by atoms with Crippen LogP contribution in [0.5, 0.6) is 0 Å². The van der Waals surface area contributed by atoms with Crippen LogP contribution in [0.15, 0.2) is 46.5 Å². The van der Waals surface area contributed by atoms with Gasteiger partial charge >= 0.3 is 6.18 Å². The Labute approximate surface area is 170 Å². The first-order valence-corrected chi connectivity index (χ1v) is 11.0. The van der Waals surface area contributed by atoms with Crippen LogP contribution in [-0.4, -0.2) is 41.4 Å². The zero-order valence-corrected chi connectivity index (χ0v) is 17.6. The topological polar surface area (TPSA) is 68.1 Å². The van der Waals surface area contributed by atoms with Gasteiger partial charge in [-0.15, -0.1) is 0 Å². The van der Waals surface area contributed by atoms with Gasteiger partial charge in [-0.3, -0.25) is 0 Å². The number of thioether (sulfide) groups is 1. The number of hydrogen-bond donors (Lipinski definition) is 0. The van der Waals surface area contributed by atoms with E-state index in [9.17, 15) is 21.6 Å². The molecule has 0 saturated carbocycles. The maximum absolute atomic E-state index is 12.6. The van der Waals surface area contributed by atoms with Gasteiger partial charge in [-0.1, -0.05) is 11.8 Å². The standard InChI is InChI=1S/C18H19F3N4O2S2/c1-4-25-15-7-6-13(29(26,27)24(2)3)9-14(15)23-16(25)11-28-17-8-5-12(10-22-17)18(19,20)21/h5-10H,4,11H2,1-3H3. The zero-order valence-electron chi connectivity index (χ0n) is 15.9. The Morgan fingerprint density at radius 3 is 2.45 bits per heavy atom. The second kappa shape index (κ2) is 7.96. The molecule has 1 aromatic carbocycles. The second-order valence-electron chi connectivity index (χ2n) is 6.38. The molecule has 0 N–H and O–H groups in total. The Hall–Kier alpha value is -2.11. The summed E-state index contributed by atoms with van der Waals surface area (Å²) in [6.07, 6.45) is -3.61. The minimum Gasteiger partial charge on any atom is -0.328 e. The highest BCUT2D eigenvalue weighted by molar-refractivity contribution is 7.98.